The van der Waals surface area contributed by atoms with Gasteiger partial charge in [0, 0.05) is 12.2 Å². The minimum Gasteiger partial charge on any atom is -0.493 e. The van der Waals surface area contributed by atoms with Crippen molar-refractivity contribution in [3.8, 4) is 17.2 Å². The molecule has 0 bridgehead atoms. The van der Waals surface area contributed by atoms with Gasteiger partial charge in [0.05, 0.1) is 20.3 Å². The Bertz CT molecular complexity index is 1180. The van der Waals surface area contributed by atoms with E-state index in [1.54, 1.807) is 26.4 Å². The second kappa shape index (κ2) is 10.3. The third-order valence-corrected chi connectivity index (χ3v) is 6.46. The van der Waals surface area contributed by atoms with Crippen molar-refractivity contribution in [3.63, 3.8) is 0 Å². The Morgan fingerprint density at radius 1 is 1.03 bits per heavy atom. The molecule has 1 heterocycles. The van der Waals surface area contributed by atoms with Crippen LogP contribution in [0.4, 0.5) is 10.1 Å². The Morgan fingerprint density at radius 2 is 1.74 bits per heavy atom. The van der Waals surface area contributed by atoms with Gasteiger partial charge in [-0.15, -0.1) is 0 Å². The SMILES string of the molecule is COc1cc2c(cc1OC)[C@H](COc1ccc(F)cc1)N(C(=S)Nc1cc(C)ccc1C)CC2. The van der Waals surface area contributed by atoms with Crippen LogP contribution in [0.2, 0.25) is 0 Å². The first-order valence-corrected chi connectivity index (χ1v) is 11.6. The molecule has 3 aromatic carbocycles. The Hall–Kier alpha value is -3.32. The van der Waals surface area contributed by atoms with Crippen LogP contribution < -0.4 is 19.5 Å². The van der Waals surface area contributed by atoms with Gasteiger partial charge >= 0.3 is 0 Å². The van der Waals surface area contributed by atoms with Gasteiger partial charge < -0.3 is 24.4 Å². The highest BCUT2D eigenvalue weighted by atomic mass is 32.1. The molecular formula is C27H29FN2O3S. The average molecular weight is 481 g/mol. The van der Waals surface area contributed by atoms with Crippen molar-refractivity contribution < 1.29 is 18.6 Å². The number of aryl methyl sites for hydroxylation is 2. The summed E-state index contributed by atoms with van der Waals surface area (Å²) >= 11 is 5.88. The molecule has 178 valence electrons. The fourth-order valence-electron chi connectivity index (χ4n) is 4.21. The van der Waals surface area contributed by atoms with Crippen molar-refractivity contribution >= 4 is 23.0 Å². The van der Waals surface area contributed by atoms with Crippen LogP contribution in [0.15, 0.2) is 54.6 Å². The number of nitrogens with zero attached hydrogens (tertiary/aromatic N) is 1. The number of ether oxygens (including phenoxy) is 3. The van der Waals surface area contributed by atoms with E-state index in [4.69, 9.17) is 26.4 Å². The molecule has 0 aromatic heterocycles. The lowest BCUT2D eigenvalue weighted by Gasteiger charge is -2.39. The lowest BCUT2D eigenvalue weighted by Crippen LogP contribution is -2.44. The highest BCUT2D eigenvalue weighted by Crippen LogP contribution is 2.39. The fourth-order valence-corrected chi connectivity index (χ4v) is 4.54. The lowest BCUT2D eigenvalue weighted by molar-refractivity contribution is 0.190. The maximum absolute atomic E-state index is 13.4. The second-order valence-electron chi connectivity index (χ2n) is 8.38. The van der Waals surface area contributed by atoms with E-state index in [2.05, 4.69) is 42.3 Å². The highest BCUT2D eigenvalue weighted by molar-refractivity contribution is 7.80. The van der Waals surface area contributed by atoms with E-state index < -0.39 is 0 Å². The molecule has 0 radical (unpaired) electrons. The lowest BCUT2D eigenvalue weighted by atomic mass is 9.92. The summed E-state index contributed by atoms with van der Waals surface area (Å²) in [4.78, 5) is 2.15. The van der Waals surface area contributed by atoms with Crippen LogP contribution in [0.1, 0.15) is 28.3 Å². The summed E-state index contributed by atoms with van der Waals surface area (Å²) in [5.41, 5.74) is 5.50. The van der Waals surface area contributed by atoms with E-state index in [0.29, 0.717) is 29.0 Å². The molecule has 0 aliphatic carbocycles. The second-order valence-corrected chi connectivity index (χ2v) is 8.77. The quantitative estimate of drug-likeness (QED) is 0.448. The van der Waals surface area contributed by atoms with Gasteiger partial charge in [0.15, 0.2) is 16.6 Å². The van der Waals surface area contributed by atoms with Crippen molar-refractivity contribution in [1.29, 1.82) is 0 Å². The number of hydrogen-bond donors (Lipinski definition) is 1. The predicted molar refractivity (Wildman–Crippen MR) is 137 cm³/mol. The van der Waals surface area contributed by atoms with E-state index in [9.17, 15) is 4.39 Å². The Kier molecular flexibility index (Phi) is 7.22. The summed E-state index contributed by atoms with van der Waals surface area (Å²) in [6.45, 7) is 5.17. The summed E-state index contributed by atoms with van der Waals surface area (Å²) in [6.07, 6.45) is 0.803. The molecule has 3 aromatic rings. The Balaban J connectivity index is 1.66. The van der Waals surface area contributed by atoms with Gasteiger partial charge in [-0.3, -0.25) is 0 Å². The van der Waals surface area contributed by atoms with Crippen molar-refractivity contribution in [2.24, 2.45) is 0 Å². The van der Waals surface area contributed by atoms with Crippen molar-refractivity contribution in [3.05, 3.63) is 82.7 Å². The number of rotatable bonds is 6. The molecule has 0 saturated carbocycles. The number of fused-ring (bicyclic) bond motifs is 1. The van der Waals surface area contributed by atoms with Gasteiger partial charge in [0.2, 0.25) is 0 Å². The monoisotopic (exact) mass is 480 g/mol. The number of benzene rings is 3. The smallest absolute Gasteiger partial charge is 0.174 e. The topological polar surface area (TPSA) is 43.0 Å². The van der Waals surface area contributed by atoms with Crippen LogP contribution in [0, 0.1) is 19.7 Å². The largest absolute Gasteiger partial charge is 0.493 e. The summed E-state index contributed by atoms with van der Waals surface area (Å²) in [7, 11) is 3.26. The first-order valence-electron chi connectivity index (χ1n) is 11.2. The van der Waals surface area contributed by atoms with Crippen molar-refractivity contribution in [1.82, 2.24) is 4.90 Å². The van der Waals surface area contributed by atoms with Crippen molar-refractivity contribution in [2.75, 3.05) is 32.7 Å². The number of halogens is 1. The first-order chi connectivity index (χ1) is 16.4. The molecule has 1 atom stereocenters. The fraction of sp³-hybridized carbons (Fsp3) is 0.296. The molecule has 0 unspecified atom stereocenters. The summed E-state index contributed by atoms with van der Waals surface area (Å²) < 4.78 is 30.5. The Labute approximate surface area is 205 Å². The minimum absolute atomic E-state index is 0.168. The van der Waals surface area contributed by atoms with Crippen LogP contribution in [0.5, 0.6) is 17.2 Å². The van der Waals surface area contributed by atoms with Gasteiger partial charge in [0.25, 0.3) is 0 Å². The van der Waals surface area contributed by atoms with Gasteiger partial charge in [-0.1, -0.05) is 12.1 Å². The summed E-state index contributed by atoms with van der Waals surface area (Å²) in [5, 5.41) is 4.06. The van der Waals surface area contributed by atoms with Gasteiger partial charge in [0.1, 0.15) is 18.2 Å². The first kappa shape index (κ1) is 23.8. The molecule has 0 amide bonds. The molecular weight excluding hydrogens is 451 g/mol. The van der Waals surface area contributed by atoms with Crippen molar-refractivity contribution in [2.45, 2.75) is 26.3 Å². The van der Waals surface area contributed by atoms with Crippen LogP contribution in [0.3, 0.4) is 0 Å². The zero-order valence-corrected chi connectivity index (χ0v) is 20.7. The predicted octanol–water partition coefficient (Wildman–Crippen LogP) is 5.83. The molecule has 1 N–H and O–H groups in total. The van der Waals surface area contributed by atoms with E-state index in [0.717, 1.165) is 40.9 Å². The molecule has 0 saturated heterocycles. The van der Waals surface area contributed by atoms with Gasteiger partial charge in [-0.05, 0) is 97.2 Å². The molecule has 1 aliphatic heterocycles. The van der Waals surface area contributed by atoms with Crippen LogP contribution in [-0.4, -0.2) is 37.4 Å². The summed E-state index contributed by atoms with van der Waals surface area (Å²) in [5.74, 6) is 1.65. The third kappa shape index (κ3) is 5.09. The van der Waals surface area contributed by atoms with Crippen LogP contribution in [0.25, 0.3) is 0 Å². The number of methoxy groups -OCH3 is 2. The third-order valence-electron chi connectivity index (χ3n) is 6.12. The normalized spacial score (nSPS) is 14.9. The Morgan fingerprint density at radius 3 is 2.44 bits per heavy atom. The number of thiocarbonyl (C=S) groups is 1. The zero-order valence-electron chi connectivity index (χ0n) is 19.9. The molecule has 7 heteroatoms. The molecule has 0 fully saturated rings. The van der Waals surface area contributed by atoms with E-state index in [-0.39, 0.29) is 11.9 Å². The molecule has 0 spiro atoms. The number of nitrogens with one attached hydrogen (secondary N) is 1. The summed E-state index contributed by atoms with van der Waals surface area (Å²) in [6, 6.07) is 16.2. The van der Waals surface area contributed by atoms with E-state index in [1.165, 1.54) is 12.1 Å². The maximum Gasteiger partial charge on any atom is 0.174 e. The van der Waals surface area contributed by atoms with Gasteiger partial charge in [-0.25, -0.2) is 4.39 Å². The molecule has 5 nitrogen and oxygen atoms in total. The maximum atomic E-state index is 13.4. The van der Waals surface area contributed by atoms with Crippen LogP contribution in [-0.2, 0) is 6.42 Å². The van der Waals surface area contributed by atoms with Crippen LogP contribution >= 0.6 is 12.2 Å². The number of hydrogen-bond acceptors (Lipinski definition) is 4. The zero-order chi connectivity index (χ0) is 24.2. The highest BCUT2D eigenvalue weighted by Gasteiger charge is 2.31. The van der Waals surface area contributed by atoms with E-state index in [1.807, 2.05) is 12.1 Å². The minimum atomic E-state index is -0.298. The molecule has 34 heavy (non-hydrogen) atoms. The molecule has 1 aliphatic rings. The molecule has 4 rings (SSSR count). The van der Waals surface area contributed by atoms with E-state index >= 15 is 0 Å². The van der Waals surface area contributed by atoms with Gasteiger partial charge in [-0.2, -0.15) is 0 Å². The average Bonchev–Trinajstić information content (AvgIpc) is 2.84. The number of anilines is 1. The standard InChI is InChI=1S/C27H29FN2O3S/c1-17-5-6-18(2)23(13-17)29-27(34)30-12-11-19-14-25(31-3)26(32-4)15-22(19)24(30)16-33-21-9-7-20(28)8-10-21/h5-10,13-15,24H,11-12,16H2,1-4H3,(H,29,34)/t24-/m0/s1.